The molecule has 0 saturated heterocycles. The molecular weight excluding hydrogens is 410 g/mol. The van der Waals surface area contributed by atoms with Crippen molar-refractivity contribution in [3.8, 4) is 11.5 Å². The highest BCUT2D eigenvalue weighted by atomic mass is 35.5. The number of methoxy groups -OCH3 is 2. The Balaban J connectivity index is 0.00000280. The smallest absolute Gasteiger partial charge is 0.160 e. The number of rotatable bonds is 9. The van der Waals surface area contributed by atoms with Crippen LogP contribution in [0.25, 0.3) is 5.57 Å². The summed E-state index contributed by atoms with van der Waals surface area (Å²) in [6.07, 6.45) is 1.000. The molecule has 0 radical (unpaired) electrons. The van der Waals surface area contributed by atoms with E-state index in [-0.39, 0.29) is 12.4 Å². The average Bonchev–Trinajstić information content (AvgIpc) is 3.40. The Morgan fingerprint density at radius 2 is 1.57 bits per heavy atom. The first-order valence-corrected chi connectivity index (χ1v) is 10.9. The minimum absolute atomic E-state index is 0. The van der Waals surface area contributed by atoms with Crippen molar-refractivity contribution in [3.05, 3.63) is 74.1 Å². The molecule has 0 aliphatic heterocycles. The molecule has 3 rings (SSSR count). The number of benzene rings is 1. The highest BCUT2D eigenvalue weighted by Gasteiger charge is 2.11. The van der Waals surface area contributed by atoms with E-state index >= 15 is 0 Å². The lowest BCUT2D eigenvalue weighted by atomic mass is 9.98. The number of hydrogen-bond donors (Lipinski definition) is 1. The first kappa shape index (κ1) is 22.5. The normalized spacial score (nSPS) is 10.2. The van der Waals surface area contributed by atoms with Gasteiger partial charge in [-0.15, -0.1) is 0 Å². The number of quaternary nitrogens is 1. The summed E-state index contributed by atoms with van der Waals surface area (Å²) in [6, 6.07) is 10.6. The van der Waals surface area contributed by atoms with E-state index in [9.17, 15) is 0 Å². The van der Waals surface area contributed by atoms with Gasteiger partial charge in [0.2, 0.25) is 0 Å². The summed E-state index contributed by atoms with van der Waals surface area (Å²) >= 11 is 3.50. The van der Waals surface area contributed by atoms with Gasteiger partial charge in [0.1, 0.15) is 0 Å². The Morgan fingerprint density at radius 1 is 0.929 bits per heavy atom. The van der Waals surface area contributed by atoms with E-state index in [1.54, 1.807) is 36.9 Å². The molecular formula is C22H26ClNO2S2. The van der Waals surface area contributed by atoms with Crippen LogP contribution < -0.4 is 27.2 Å². The molecule has 6 heteroatoms. The van der Waals surface area contributed by atoms with E-state index in [1.165, 1.54) is 27.8 Å². The average molecular weight is 436 g/mol. The number of thiophene rings is 2. The molecule has 0 aliphatic rings. The molecule has 0 amide bonds. The summed E-state index contributed by atoms with van der Waals surface area (Å²) in [5, 5.41) is 11.1. The van der Waals surface area contributed by atoms with Crippen molar-refractivity contribution in [3.63, 3.8) is 0 Å². The lowest BCUT2D eigenvalue weighted by Gasteiger charge is -2.11. The van der Waals surface area contributed by atoms with Crippen LogP contribution in [0.3, 0.4) is 0 Å². The van der Waals surface area contributed by atoms with Crippen LogP contribution in [0.4, 0.5) is 0 Å². The van der Waals surface area contributed by atoms with Gasteiger partial charge < -0.3 is 27.2 Å². The molecule has 150 valence electrons. The predicted molar refractivity (Wildman–Crippen MR) is 115 cm³/mol. The number of hydrogen-bond acceptors (Lipinski definition) is 4. The third-order valence-electron chi connectivity index (χ3n) is 4.58. The Hall–Kier alpha value is -1.79. The molecule has 3 aromatic rings. The zero-order valence-electron chi connectivity index (χ0n) is 16.4. The van der Waals surface area contributed by atoms with Gasteiger partial charge in [-0.1, -0.05) is 6.07 Å². The van der Waals surface area contributed by atoms with Crippen molar-refractivity contribution in [2.75, 3.05) is 27.3 Å². The maximum absolute atomic E-state index is 5.39. The van der Waals surface area contributed by atoms with Crippen LogP contribution in [-0.2, 0) is 6.42 Å². The third-order valence-corrected chi connectivity index (χ3v) is 5.95. The van der Waals surface area contributed by atoms with Crippen molar-refractivity contribution < 1.29 is 27.2 Å². The predicted octanol–water partition coefficient (Wildman–Crippen LogP) is 1.46. The van der Waals surface area contributed by atoms with Crippen LogP contribution >= 0.6 is 22.7 Å². The van der Waals surface area contributed by atoms with Crippen LogP contribution in [-0.4, -0.2) is 27.3 Å². The van der Waals surface area contributed by atoms with E-state index in [4.69, 9.17) is 9.47 Å². The fourth-order valence-corrected chi connectivity index (χ4v) is 4.49. The molecule has 0 spiro atoms. The molecule has 0 aliphatic carbocycles. The Labute approximate surface area is 181 Å². The zero-order valence-corrected chi connectivity index (χ0v) is 18.8. The molecule has 2 aromatic heterocycles. The van der Waals surface area contributed by atoms with Crippen molar-refractivity contribution in [2.45, 2.75) is 13.3 Å². The summed E-state index contributed by atoms with van der Waals surface area (Å²) in [7, 11) is 3.34. The molecule has 3 nitrogen and oxygen atoms in total. The minimum Gasteiger partial charge on any atom is -1.00 e. The number of halogens is 1. The summed E-state index contributed by atoms with van der Waals surface area (Å²) in [6.45, 7) is 4.28. The lowest BCUT2D eigenvalue weighted by Crippen LogP contribution is -3.00. The number of nitrogens with two attached hydrogens (primary N) is 1. The third kappa shape index (κ3) is 5.61. The summed E-state index contributed by atoms with van der Waals surface area (Å²) in [4.78, 5) is 0. The van der Waals surface area contributed by atoms with Crippen molar-refractivity contribution in [2.24, 2.45) is 0 Å². The van der Waals surface area contributed by atoms with Gasteiger partial charge in [0.25, 0.3) is 0 Å². The molecule has 0 bridgehead atoms. The maximum Gasteiger partial charge on any atom is 0.160 e. The molecule has 0 unspecified atom stereocenters. The van der Waals surface area contributed by atoms with Crippen LogP contribution in [0.1, 0.15) is 23.6 Å². The van der Waals surface area contributed by atoms with E-state index < -0.39 is 0 Å². The number of ether oxygens (including phenoxy) is 2. The highest BCUT2D eigenvalue weighted by molar-refractivity contribution is 7.08. The van der Waals surface area contributed by atoms with Crippen LogP contribution in [0.15, 0.2) is 57.4 Å². The van der Waals surface area contributed by atoms with Crippen LogP contribution in [0.5, 0.6) is 11.5 Å². The van der Waals surface area contributed by atoms with Gasteiger partial charge in [-0.3, -0.25) is 0 Å². The fraction of sp³-hybridized carbons (Fsp3) is 0.273. The molecule has 0 atom stereocenters. The topological polar surface area (TPSA) is 35.1 Å². The van der Waals surface area contributed by atoms with Crippen molar-refractivity contribution >= 4 is 28.2 Å². The van der Waals surface area contributed by atoms with E-state index in [2.05, 4.69) is 58.0 Å². The van der Waals surface area contributed by atoms with Crippen molar-refractivity contribution in [1.29, 1.82) is 0 Å². The SMILES string of the molecule is COc1ccc(CC[NH2+]CC(C)=C(c2ccsc2)c2ccsc2)cc1OC.[Cl-]. The second-order valence-electron chi connectivity index (χ2n) is 6.40. The van der Waals surface area contributed by atoms with Gasteiger partial charge >= 0.3 is 0 Å². The van der Waals surface area contributed by atoms with Gasteiger partial charge in [0, 0.05) is 6.42 Å². The van der Waals surface area contributed by atoms with E-state index in [0.717, 1.165) is 31.0 Å². The molecule has 1 aromatic carbocycles. The Bertz CT molecular complexity index is 838. The standard InChI is InChI=1S/C22H25NO2S2.ClH/c1-16(22(18-7-10-26-14-18)19-8-11-27-15-19)13-23-9-6-17-4-5-20(24-2)21(12-17)25-3;/h4-5,7-8,10-12,14-15,23H,6,9,13H2,1-3H3;1H. The van der Waals surface area contributed by atoms with E-state index in [0.29, 0.717) is 0 Å². The molecule has 2 heterocycles. The first-order valence-electron chi connectivity index (χ1n) is 9.00. The Kier molecular flexibility index (Phi) is 9.06. The summed E-state index contributed by atoms with van der Waals surface area (Å²) in [5.74, 6) is 1.57. The zero-order chi connectivity index (χ0) is 19.1. The lowest BCUT2D eigenvalue weighted by molar-refractivity contribution is -0.647. The van der Waals surface area contributed by atoms with E-state index in [1.807, 2.05) is 6.07 Å². The first-order chi connectivity index (χ1) is 13.2. The summed E-state index contributed by atoms with van der Waals surface area (Å²) < 4.78 is 10.7. The second kappa shape index (κ2) is 11.3. The summed E-state index contributed by atoms with van der Waals surface area (Å²) in [5.41, 5.74) is 6.70. The highest BCUT2D eigenvalue weighted by Crippen LogP contribution is 2.30. The van der Waals surface area contributed by atoms with Gasteiger partial charge in [-0.05, 0) is 80.5 Å². The van der Waals surface area contributed by atoms with Gasteiger partial charge in [0.15, 0.2) is 11.5 Å². The van der Waals surface area contributed by atoms with Gasteiger partial charge in [-0.25, -0.2) is 0 Å². The fourth-order valence-electron chi connectivity index (χ4n) is 3.20. The van der Waals surface area contributed by atoms with Crippen molar-refractivity contribution in [1.82, 2.24) is 0 Å². The maximum atomic E-state index is 5.39. The Morgan fingerprint density at radius 3 is 2.11 bits per heavy atom. The molecule has 28 heavy (non-hydrogen) atoms. The molecule has 2 N–H and O–H groups in total. The quantitative estimate of drug-likeness (QED) is 0.516. The molecule has 0 saturated carbocycles. The van der Waals surface area contributed by atoms with Gasteiger partial charge in [-0.2, -0.15) is 22.7 Å². The monoisotopic (exact) mass is 435 g/mol. The minimum atomic E-state index is 0. The second-order valence-corrected chi connectivity index (χ2v) is 7.96. The van der Waals surface area contributed by atoms with Gasteiger partial charge in [0.05, 0.1) is 27.3 Å². The molecule has 0 fully saturated rings. The van der Waals surface area contributed by atoms with Crippen LogP contribution in [0.2, 0.25) is 0 Å². The van der Waals surface area contributed by atoms with Crippen LogP contribution in [0, 0.1) is 0 Å². The largest absolute Gasteiger partial charge is 1.00 e.